The van der Waals surface area contributed by atoms with Gasteiger partial charge in [-0.3, -0.25) is 4.79 Å². The Morgan fingerprint density at radius 3 is 2.47 bits per heavy atom. The van der Waals surface area contributed by atoms with E-state index in [4.69, 9.17) is 23.2 Å². The molecule has 0 aliphatic carbocycles. The Balaban J connectivity index is 2.61. The van der Waals surface area contributed by atoms with Crippen LogP contribution in [-0.2, 0) is 4.79 Å². The first-order chi connectivity index (χ1) is 7.15. The van der Waals surface area contributed by atoms with Crippen LogP contribution < -0.4 is 10.6 Å². The van der Waals surface area contributed by atoms with Crippen molar-refractivity contribution in [2.45, 2.75) is 6.92 Å². The molecule has 0 aliphatic rings. The molecular weight excluding hydrogens is 235 g/mol. The maximum Gasteiger partial charge on any atom is 0.239 e. The third-order valence-electron chi connectivity index (χ3n) is 1.76. The van der Waals surface area contributed by atoms with Gasteiger partial charge in [0.05, 0.1) is 22.3 Å². The van der Waals surface area contributed by atoms with Gasteiger partial charge in [-0.05, 0) is 19.1 Å². The lowest BCUT2D eigenvalue weighted by Crippen LogP contribution is -2.29. The van der Waals surface area contributed by atoms with Gasteiger partial charge < -0.3 is 10.6 Å². The Morgan fingerprint density at radius 2 is 1.93 bits per heavy atom. The van der Waals surface area contributed by atoms with E-state index < -0.39 is 0 Å². The third-order valence-corrected chi connectivity index (χ3v) is 2.39. The number of nitrogens with one attached hydrogen (secondary N) is 2. The Bertz CT molecular complexity index is 335. The monoisotopic (exact) mass is 246 g/mol. The maximum absolute atomic E-state index is 11.2. The molecule has 1 amide bonds. The molecule has 0 spiro atoms. The second kappa shape index (κ2) is 5.83. The molecule has 0 saturated carbocycles. The number of para-hydroxylation sites is 1. The van der Waals surface area contributed by atoms with Crippen LogP contribution in [0.1, 0.15) is 6.92 Å². The van der Waals surface area contributed by atoms with E-state index in [1.807, 2.05) is 6.92 Å². The molecule has 0 heterocycles. The van der Waals surface area contributed by atoms with E-state index in [1.165, 1.54) is 0 Å². The van der Waals surface area contributed by atoms with Crippen LogP contribution >= 0.6 is 23.2 Å². The molecule has 3 nitrogen and oxygen atoms in total. The van der Waals surface area contributed by atoms with Crippen molar-refractivity contribution >= 4 is 34.8 Å². The van der Waals surface area contributed by atoms with Crippen molar-refractivity contribution in [1.82, 2.24) is 5.32 Å². The highest BCUT2D eigenvalue weighted by molar-refractivity contribution is 6.39. The second-order valence-corrected chi connectivity index (χ2v) is 3.72. The van der Waals surface area contributed by atoms with E-state index in [2.05, 4.69) is 10.6 Å². The molecule has 15 heavy (non-hydrogen) atoms. The molecule has 0 aromatic heterocycles. The number of hydrogen-bond donors (Lipinski definition) is 2. The number of hydrogen-bond acceptors (Lipinski definition) is 2. The average Bonchev–Trinajstić information content (AvgIpc) is 2.17. The fourth-order valence-electron chi connectivity index (χ4n) is 1.10. The van der Waals surface area contributed by atoms with Crippen LogP contribution in [0, 0.1) is 0 Å². The first kappa shape index (κ1) is 12.1. The van der Waals surface area contributed by atoms with Gasteiger partial charge in [0.2, 0.25) is 5.91 Å². The van der Waals surface area contributed by atoms with Crippen molar-refractivity contribution < 1.29 is 4.79 Å². The van der Waals surface area contributed by atoms with Crippen molar-refractivity contribution in [3.05, 3.63) is 28.2 Å². The lowest BCUT2D eigenvalue weighted by Gasteiger charge is -2.09. The summed E-state index contributed by atoms with van der Waals surface area (Å²) in [5.74, 6) is -0.0894. The molecule has 1 rings (SSSR count). The molecule has 0 atom stereocenters. The smallest absolute Gasteiger partial charge is 0.239 e. The predicted molar refractivity (Wildman–Crippen MR) is 63.6 cm³/mol. The standard InChI is InChI=1S/C10H12Cl2N2O/c1-2-13-9(15)6-14-10-7(11)4-3-5-8(10)12/h3-5,14H,2,6H2,1H3,(H,13,15). The first-order valence-electron chi connectivity index (χ1n) is 4.59. The van der Waals surface area contributed by atoms with E-state index in [-0.39, 0.29) is 12.5 Å². The fourth-order valence-corrected chi connectivity index (χ4v) is 1.63. The quantitative estimate of drug-likeness (QED) is 0.858. The number of carbonyl (C=O) groups is 1. The van der Waals surface area contributed by atoms with Gasteiger partial charge in [0, 0.05) is 6.54 Å². The summed E-state index contributed by atoms with van der Waals surface area (Å²) in [7, 11) is 0. The number of amides is 1. The summed E-state index contributed by atoms with van der Waals surface area (Å²) in [6.45, 7) is 2.63. The first-order valence-corrected chi connectivity index (χ1v) is 5.35. The Hall–Kier alpha value is -0.930. The van der Waals surface area contributed by atoms with Gasteiger partial charge >= 0.3 is 0 Å². The summed E-state index contributed by atoms with van der Waals surface area (Å²) in [5, 5.41) is 6.57. The Morgan fingerprint density at radius 1 is 1.33 bits per heavy atom. The topological polar surface area (TPSA) is 41.1 Å². The van der Waals surface area contributed by atoms with Gasteiger partial charge in [0.1, 0.15) is 0 Å². The molecular formula is C10H12Cl2N2O. The van der Waals surface area contributed by atoms with Crippen molar-refractivity contribution in [3.8, 4) is 0 Å². The summed E-state index contributed by atoms with van der Waals surface area (Å²) in [6, 6.07) is 5.18. The van der Waals surface area contributed by atoms with Gasteiger partial charge in [0.25, 0.3) is 0 Å². The second-order valence-electron chi connectivity index (χ2n) is 2.90. The van der Waals surface area contributed by atoms with Crippen LogP contribution in [0.25, 0.3) is 0 Å². The summed E-state index contributed by atoms with van der Waals surface area (Å²) in [4.78, 5) is 11.2. The normalized spacial score (nSPS) is 9.80. The number of rotatable bonds is 4. The van der Waals surface area contributed by atoms with Crippen molar-refractivity contribution in [3.63, 3.8) is 0 Å². The van der Waals surface area contributed by atoms with Gasteiger partial charge in [-0.1, -0.05) is 29.3 Å². The molecule has 1 aromatic rings. The molecule has 0 fully saturated rings. The van der Waals surface area contributed by atoms with Crippen LogP contribution in [-0.4, -0.2) is 19.0 Å². The zero-order valence-electron chi connectivity index (χ0n) is 8.31. The number of halogens is 2. The number of anilines is 1. The minimum atomic E-state index is -0.0894. The van der Waals surface area contributed by atoms with Crippen LogP contribution in [0.3, 0.4) is 0 Å². The largest absolute Gasteiger partial charge is 0.374 e. The number of likely N-dealkylation sites (N-methyl/N-ethyl adjacent to an activating group) is 1. The van der Waals surface area contributed by atoms with Crippen LogP contribution in [0.15, 0.2) is 18.2 Å². The highest BCUT2D eigenvalue weighted by atomic mass is 35.5. The van der Waals surface area contributed by atoms with Crippen molar-refractivity contribution in [2.24, 2.45) is 0 Å². The van der Waals surface area contributed by atoms with Gasteiger partial charge in [-0.15, -0.1) is 0 Å². The molecule has 1 aromatic carbocycles. The van der Waals surface area contributed by atoms with E-state index in [0.29, 0.717) is 22.3 Å². The lowest BCUT2D eigenvalue weighted by atomic mass is 10.3. The molecule has 0 radical (unpaired) electrons. The maximum atomic E-state index is 11.2. The summed E-state index contributed by atoms with van der Waals surface area (Å²) < 4.78 is 0. The Labute approximate surface area is 98.8 Å². The van der Waals surface area contributed by atoms with Crippen LogP contribution in [0.2, 0.25) is 10.0 Å². The van der Waals surface area contributed by atoms with Crippen molar-refractivity contribution in [2.75, 3.05) is 18.4 Å². The molecule has 0 unspecified atom stereocenters. The zero-order valence-corrected chi connectivity index (χ0v) is 9.82. The third kappa shape index (κ3) is 3.61. The van der Waals surface area contributed by atoms with Gasteiger partial charge in [0.15, 0.2) is 0 Å². The average molecular weight is 247 g/mol. The molecule has 0 aliphatic heterocycles. The van der Waals surface area contributed by atoms with Crippen LogP contribution in [0.4, 0.5) is 5.69 Å². The van der Waals surface area contributed by atoms with E-state index >= 15 is 0 Å². The minimum absolute atomic E-state index is 0.0894. The predicted octanol–water partition coefficient (Wildman–Crippen LogP) is 2.54. The molecule has 5 heteroatoms. The molecule has 2 N–H and O–H groups in total. The van der Waals surface area contributed by atoms with E-state index in [0.717, 1.165) is 0 Å². The molecule has 0 bridgehead atoms. The highest BCUT2D eigenvalue weighted by Crippen LogP contribution is 2.29. The van der Waals surface area contributed by atoms with E-state index in [9.17, 15) is 4.79 Å². The van der Waals surface area contributed by atoms with E-state index in [1.54, 1.807) is 18.2 Å². The molecule has 82 valence electrons. The van der Waals surface area contributed by atoms with Crippen LogP contribution in [0.5, 0.6) is 0 Å². The zero-order chi connectivity index (χ0) is 11.3. The minimum Gasteiger partial charge on any atom is -0.374 e. The van der Waals surface area contributed by atoms with Gasteiger partial charge in [-0.25, -0.2) is 0 Å². The Kier molecular flexibility index (Phi) is 4.72. The summed E-state index contributed by atoms with van der Waals surface area (Å²) in [5.41, 5.74) is 0.590. The fraction of sp³-hybridized carbons (Fsp3) is 0.300. The summed E-state index contributed by atoms with van der Waals surface area (Å²) in [6.07, 6.45) is 0. The number of carbonyl (C=O) groups excluding carboxylic acids is 1. The van der Waals surface area contributed by atoms with Gasteiger partial charge in [-0.2, -0.15) is 0 Å². The molecule has 0 saturated heterocycles. The lowest BCUT2D eigenvalue weighted by molar-refractivity contribution is -0.119. The number of benzene rings is 1. The van der Waals surface area contributed by atoms with Crippen molar-refractivity contribution in [1.29, 1.82) is 0 Å². The summed E-state index contributed by atoms with van der Waals surface area (Å²) >= 11 is 11.8. The highest BCUT2D eigenvalue weighted by Gasteiger charge is 2.06. The SMILES string of the molecule is CCNC(=O)CNc1c(Cl)cccc1Cl.